The number of hydrogen-bond donors (Lipinski definition) is 3. The molecule has 3 aromatic rings. The Hall–Kier alpha value is -3.97. The Morgan fingerprint density at radius 1 is 0.905 bits per heavy atom. The summed E-state index contributed by atoms with van der Waals surface area (Å²) in [4.78, 5) is 29.1. The number of aromatic nitrogens is 2. The Balaban J connectivity index is 1.15. The van der Waals surface area contributed by atoms with Gasteiger partial charge in [0.15, 0.2) is 0 Å². The maximum absolute atomic E-state index is 12.5. The monoisotopic (exact) mass is 578 g/mol. The minimum absolute atomic E-state index is 0.312. The van der Waals surface area contributed by atoms with Gasteiger partial charge in [-0.05, 0) is 48.4 Å². The highest BCUT2D eigenvalue weighted by Crippen LogP contribution is 2.26. The standard InChI is InChI=1S/C30H38N6O6/c1-22-19-28-25(21-27(22)32-30(38)42-18-12-36-9-15-40-16-10-36)26(33-34-28)6-5-23-3-2-4-24(20-23)31-29(37)41-17-11-35-7-13-39-14-8-35/h2-6,19-21H,7-18H2,1H3,(H,31,37)(H,32,38)(H,33,34). The van der Waals surface area contributed by atoms with Crippen LogP contribution in [0.3, 0.4) is 0 Å². The number of amides is 2. The molecule has 2 fully saturated rings. The fraction of sp³-hybridized carbons (Fsp3) is 0.433. The van der Waals surface area contributed by atoms with Gasteiger partial charge in [-0.25, -0.2) is 9.59 Å². The maximum Gasteiger partial charge on any atom is 0.411 e. The van der Waals surface area contributed by atoms with Gasteiger partial charge >= 0.3 is 12.2 Å². The molecule has 2 amide bonds. The summed E-state index contributed by atoms with van der Waals surface area (Å²) in [6.07, 6.45) is 2.82. The van der Waals surface area contributed by atoms with Gasteiger partial charge in [-0.3, -0.25) is 25.5 Å². The van der Waals surface area contributed by atoms with Crippen LogP contribution >= 0.6 is 0 Å². The summed E-state index contributed by atoms with van der Waals surface area (Å²) in [5, 5.41) is 14.0. The van der Waals surface area contributed by atoms with E-state index in [0.29, 0.717) is 64.1 Å². The van der Waals surface area contributed by atoms with Crippen molar-refractivity contribution in [1.82, 2.24) is 20.0 Å². The van der Waals surface area contributed by atoms with Crippen LogP contribution in [0.5, 0.6) is 0 Å². The molecule has 0 spiro atoms. The molecular weight excluding hydrogens is 540 g/mol. The largest absolute Gasteiger partial charge is 0.448 e. The van der Waals surface area contributed by atoms with E-state index in [9.17, 15) is 9.59 Å². The van der Waals surface area contributed by atoms with E-state index in [1.807, 2.05) is 55.5 Å². The smallest absolute Gasteiger partial charge is 0.411 e. The summed E-state index contributed by atoms with van der Waals surface area (Å²) in [5.74, 6) is 0. The molecule has 5 rings (SSSR count). The second kappa shape index (κ2) is 14.8. The van der Waals surface area contributed by atoms with Gasteiger partial charge in [0.1, 0.15) is 13.2 Å². The molecule has 224 valence electrons. The third-order valence-electron chi connectivity index (χ3n) is 7.23. The number of morpholine rings is 2. The number of fused-ring (bicyclic) bond motifs is 1. The van der Waals surface area contributed by atoms with Crippen LogP contribution in [-0.2, 0) is 18.9 Å². The number of hydrogen-bond acceptors (Lipinski definition) is 9. The first-order chi connectivity index (χ1) is 20.5. The number of nitrogens with zero attached hydrogens (tertiary/aromatic N) is 3. The average molecular weight is 579 g/mol. The van der Waals surface area contributed by atoms with E-state index in [1.165, 1.54) is 0 Å². The van der Waals surface area contributed by atoms with Crippen LogP contribution in [0.2, 0.25) is 0 Å². The summed E-state index contributed by atoms with van der Waals surface area (Å²) >= 11 is 0. The maximum atomic E-state index is 12.5. The lowest BCUT2D eigenvalue weighted by atomic mass is 10.1. The Morgan fingerprint density at radius 3 is 2.21 bits per heavy atom. The Kier molecular flexibility index (Phi) is 10.4. The predicted octanol–water partition coefficient (Wildman–Crippen LogP) is 3.80. The topological polar surface area (TPSA) is 130 Å². The Morgan fingerprint density at radius 2 is 1.55 bits per heavy atom. The quantitative estimate of drug-likeness (QED) is 0.329. The van der Waals surface area contributed by atoms with E-state index < -0.39 is 12.2 Å². The van der Waals surface area contributed by atoms with E-state index >= 15 is 0 Å². The third-order valence-corrected chi connectivity index (χ3v) is 7.23. The van der Waals surface area contributed by atoms with Gasteiger partial charge in [0.2, 0.25) is 0 Å². The molecular formula is C30H38N6O6. The van der Waals surface area contributed by atoms with Crippen molar-refractivity contribution in [2.75, 3.05) is 89.5 Å². The highest BCUT2D eigenvalue weighted by molar-refractivity contribution is 5.96. The van der Waals surface area contributed by atoms with Crippen LogP contribution < -0.4 is 10.6 Å². The molecule has 2 saturated heterocycles. The number of carbonyl (C=O) groups is 2. The van der Waals surface area contributed by atoms with E-state index in [1.54, 1.807) is 0 Å². The van der Waals surface area contributed by atoms with Crippen molar-refractivity contribution in [2.24, 2.45) is 0 Å². The first-order valence-corrected chi connectivity index (χ1v) is 14.3. The number of ether oxygens (including phenoxy) is 4. The molecule has 2 aromatic carbocycles. The van der Waals surface area contributed by atoms with Crippen molar-refractivity contribution in [2.45, 2.75) is 6.92 Å². The van der Waals surface area contributed by atoms with Gasteiger partial charge in [-0.15, -0.1) is 0 Å². The highest BCUT2D eigenvalue weighted by Gasteiger charge is 2.14. The van der Waals surface area contributed by atoms with Crippen molar-refractivity contribution >= 4 is 46.6 Å². The van der Waals surface area contributed by atoms with Gasteiger partial charge in [0.25, 0.3) is 0 Å². The first kappa shape index (κ1) is 29.5. The lowest BCUT2D eigenvalue weighted by Crippen LogP contribution is -2.38. The highest BCUT2D eigenvalue weighted by atomic mass is 16.6. The molecule has 0 atom stereocenters. The van der Waals surface area contributed by atoms with Crippen LogP contribution in [0.25, 0.3) is 23.1 Å². The number of rotatable bonds is 10. The van der Waals surface area contributed by atoms with Crippen molar-refractivity contribution < 1.29 is 28.5 Å². The summed E-state index contributed by atoms with van der Waals surface area (Å²) < 4.78 is 21.4. The number of aromatic amines is 1. The number of carbonyl (C=O) groups excluding carboxylic acids is 2. The molecule has 12 nitrogen and oxygen atoms in total. The Bertz CT molecular complexity index is 1380. The van der Waals surface area contributed by atoms with Crippen molar-refractivity contribution in [1.29, 1.82) is 0 Å². The van der Waals surface area contributed by atoms with Gasteiger partial charge in [0, 0.05) is 56.0 Å². The fourth-order valence-corrected chi connectivity index (χ4v) is 4.83. The van der Waals surface area contributed by atoms with Gasteiger partial charge in [-0.2, -0.15) is 5.10 Å². The third kappa shape index (κ3) is 8.52. The van der Waals surface area contributed by atoms with E-state index in [-0.39, 0.29) is 0 Å². The van der Waals surface area contributed by atoms with Crippen LogP contribution in [0.1, 0.15) is 16.8 Å². The molecule has 2 aliphatic rings. The molecule has 0 unspecified atom stereocenters. The molecule has 3 N–H and O–H groups in total. The summed E-state index contributed by atoms with van der Waals surface area (Å²) in [6.45, 7) is 10.2. The SMILES string of the molecule is Cc1cc2[nH]nc(C=Cc3cccc(NC(=O)OCCN4CCOCC4)c3)c2cc1NC(=O)OCCN1CCOCC1. The van der Waals surface area contributed by atoms with E-state index in [0.717, 1.165) is 53.9 Å². The summed E-state index contributed by atoms with van der Waals surface area (Å²) in [6, 6.07) is 11.3. The van der Waals surface area contributed by atoms with Crippen LogP contribution in [0, 0.1) is 6.92 Å². The van der Waals surface area contributed by atoms with E-state index in [2.05, 4.69) is 30.6 Å². The van der Waals surface area contributed by atoms with Crippen molar-refractivity contribution in [3.63, 3.8) is 0 Å². The summed E-state index contributed by atoms with van der Waals surface area (Å²) in [5.41, 5.74) is 4.64. The molecule has 12 heteroatoms. The second-order valence-electron chi connectivity index (χ2n) is 10.2. The molecule has 0 saturated carbocycles. The molecule has 42 heavy (non-hydrogen) atoms. The van der Waals surface area contributed by atoms with Crippen LogP contribution in [-0.4, -0.2) is 111 Å². The predicted molar refractivity (Wildman–Crippen MR) is 161 cm³/mol. The number of benzene rings is 2. The first-order valence-electron chi connectivity index (χ1n) is 14.3. The molecule has 0 radical (unpaired) electrons. The number of H-pyrrole nitrogens is 1. The Labute approximate surface area is 244 Å². The zero-order valence-electron chi connectivity index (χ0n) is 23.9. The zero-order valence-corrected chi connectivity index (χ0v) is 23.9. The van der Waals surface area contributed by atoms with Crippen LogP contribution in [0.15, 0.2) is 36.4 Å². The number of nitrogens with one attached hydrogen (secondary N) is 3. The normalized spacial score (nSPS) is 16.5. The molecule has 0 aliphatic carbocycles. The number of aryl methyl sites for hydroxylation is 1. The van der Waals surface area contributed by atoms with Crippen LogP contribution in [0.4, 0.5) is 21.0 Å². The lowest BCUT2D eigenvalue weighted by Gasteiger charge is -2.26. The van der Waals surface area contributed by atoms with E-state index in [4.69, 9.17) is 18.9 Å². The number of anilines is 2. The van der Waals surface area contributed by atoms with Crippen molar-refractivity contribution in [3.8, 4) is 0 Å². The van der Waals surface area contributed by atoms with Gasteiger partial charge in [0.05, 0.1) is 37.6 Å². The zero-order chi connectivity index (χ0) is 29.1. The molecule has 3 heterocycles. The van der Waals surface area contributed by atoms with Gasteiger partial charge < -0.3 is 18.9 Å². The molecule has 2 aliphatic heterocycles. The summed E-state index contributed by atoms with van der Waals surface area (Å²) in [7, 11) is 0. The lowest BCUT2D eigenvalue weighted by molar-refractivity contribution is 0.0288. The van der Waals surface area contributed by atoms with Gasteiger partial charge in [-0.1, -0.05) is 18.2 Å². The van der Waals surface area contributed by atoms with Crippen molar-refractivity contribution in [3.05, 3.63) is 53.2 Å². The fourth-order valence-electron chi connectivity index (χ4n) is 4.83. The second-order valence-corrected chi connectivity index (χ2v) is 10.2. The average Bonchev–Trinajstić information content (AvgIpc) is 3.39. The molecule has 1 aromatic heterocycles. The minimum Gasteiger partial charge on any atom is -0.448 e. The minimum atomic E-state index is -0.491. The molecule has 0 bridgehead atoms.